The number of benzene rings is 4. The first kappa shape index (κ1) is 29.6. The number of ether oxygens (including phenoxy) is 1. The molecule has 0 saturated heterocycles. The van der Waals surface area contributed by atoms with Gasteiger partial charge in [0.1, 0.15) is 5.75 Å². The number of amides is 3. The van der Waals surface area contributed by atoms with Crippen molar-refractivity contribution in [2.45, 2.75) is 51.0 Å². The fourth-order valence-corrected chi connectivity index (χ4v) is 5.51. The molecule has 0 aliphatic heterocycles. The van der Waals surface area contributed by atoms with Crippen LogP contribution >= 0.6 is 0 Å². The van der Waals surface area contributed by atoms with Gasteiger partial charge < -0.3 is 20.5 Å². The van der Waals surface area contributed by atoms with Gasteiger partial charge in [0.15, 0.2) is 6.73 Å². The van der Waals surface area contributed by atoms with Crippen LogP contribution in [0.4, 0.5) is 10.5 Å². The minimum Gasteiger partial charge on any atom is -0.481 e. The second-order valence-corrected chi connectivity index (χ2v) is 10.9. The first-order valence-corrected chi connectivity index (χ1v) is 14.8. The minimum absolute atomic E-state index is 0.00326. The summed E-state index contributed by atoms with van der Waals surface area (Å²) in [7, 11) is 0. The normalized spacial score (nSPS) is 13.3. The lowest BCUT2D eigenvalue weighted by atomic mass is 9.84. The SMILES string of the molecule is O=C(O)CCNC(=O)c1ccc(CN(C(=O)NCOc2ccc3ccccc3c2)c2ccc(C3CCCCC3)cc2)cc1. The van der Waals surface area contributed by atoms with Crippen LogP contribution < -0.4 is 20.3 Å². The van der Waals surface area contributed by atoms with Crippen molar-refractivity contribution in [2.24, 2.45) is 0 Å². The van der Waals surface area contributed by atoms with Crippen molar-refractivity contribution < 1.29 is 24.2 Å². The number of carboxylic acids is 1. The highest BCUT2D eigenvalue weighted by Gasteiger charge is 2.19. The lowest BCUT2D eigenvalue weighted by Gasteiger charge is -2.26. The first-order chi connectivity index (χ1) is 21.0. The summed E-state index contributed by atoms with van der Waals surface area (Å²) in [6, 6.07) is 28.7. The van der Waals surface area contributed by atoms with E-state index in [9.17, 15) is 14.4 Å². The molecule has 0 atom stereocenters. The van der Waals surface area contributed by atoms with E-state index >= 15 is 0 Å². The number of urea groups is 1. The number of aliphatic carboxylic acids is 1. The zero-order valence-electron chi connectivity index (χ0n) is 24.1. The molecule has 0 radical (unpaired) electrons. The van der Waals surface area contributed by atoms with Gasteiger partial charge in [-0.15, -0.1) is 0 Å². The molecule has 43 heavy (non-hydrogen) atoms. The minimum atomic E-state index is -0.969. The average Bonchev–Trinajstić information content (AvgIpc) is 3.04. The van der Waals surface area contributed by atoms with E-state index in [1.807, 2.05) is 54.6 Å². The molecule has 4 aromatic carbocycles. The topological polar surface area (TPSA) is 108 Å². The third-order valence-electron chi connectivity index (χ3n) is 7.89. The summed E-state index contributed by atoms with van der Waals surface area (Å²) < 4.78 is 5.87. The molecule has 3 amide bonds. The average molecular weight is 580 g/mol. The Hall–Kier alpha value is -4.85. The molecule has 0 heterocycles. The largest absolute Gasteiger partial charge is 0.481 e. The molecule has 3 N–H and O–H groups in total. The summed E-state index contributed by atoms with van der Waals surface area (Å²) in [6.07, 6.45) is 6.07. The number of nitrogens with zero attached hydrogens (tertiary/aromatic N) is 1. The molecule has 0 unspecified atom stereocenters. The van der Waals surface area contributed by atoms with Crippen molar-refractivity contribution in [1.82, 2.24) is 10.6 Å². The summed E-state index contributed by atoms with van der Waals surface area (Å²) in [4.78, 5) is 38.3. The van der Waals surface area contributed by atoms with Crippen LogP contribution in [-0.2, 0) is 11.3 Å². The number of anilines is 1. The Kier molecular flexibility index (Phi) is 9.90. The Morgan fingerprint density at radius 3 is 2.26 bits per heavy atom. The Labute approximate surface area is 251 Å². The molecule has 4 aromatic rings. The molecule has 1 saturated carbocycles. The summed E-state index contributed by atoms with van der Waals surface area (Å²) in [5.74, 6) is -0.0794. The first-order valence-electron chi connectivity index (χ1n) is 14.8. The fraction of sp³-hybridized carbons (Fsp3) is 0.286. The molecular formula is C35H37N3O5. The fourth-order valence-electron chi connectivity index (χ4n) is 5.51. The van der Waals surface area contributed by atoms with E-state index in [0.29, 0.717) is 17.2 Å². The van der Waals surface area contributed by atoms with Crippen LogP contribution in [0.1, 0.15) is 65.9 Å². The van der Waals surface area contributed by atoms with Gasteiger partial charge in [0, 0.05) is 17.8 Å². The standard InChI is InChI=1S/C35H37N3O5/c39-33(40)20-21-36-34(41)29-12-10-25(11-13-29)23-38(31-17-14-28(15-18-31)26-6-2-1-3-7-26)35(42)37-24-43-32-19-16-27-8-4-5-9-30(27)22-32/h4-5,8-19,22,26H,1-3,6-7,20-21,23-24H2,(H,36,41)(H,37,42)(H,39,40). The molecule has 8 nitrogen and oxygen atoms in total. The maximum absolute atomic E-state index is 13.5. The van der Waals surface area contributed by atoms with Crippen LogP contribution in [0.3, 0.4) is 0 Å². The van der Waals surface area contributed by atoms with Gasteiger partial charge in [0.2, 0.25) is 0 Å². The van der Waals surface area contributed by atoms with E-state index in [4.69, 9.17) is 9.84 Å². The molecule has 8 heteroatoms. The highest BCUT2D eigenvalue weighted by atomic mass is 16.5. The van der Waals surface area contributed by atoms with E-state index in [-0.39, 0.29) is 38.2 Å². The van der Waals surface area contributed by atoms with Gasteiger partial charge >= 0.3 is 12.0 Å². The number of carbonyl (C=O) groups excluding carboxylic acids is 2. The van der Waals surface area contributed by atoms with Crippen LogP contribution in [0.5, 0.6) is 5.75 Å². The van der Waals surface area contributed by atoms with Crippen LogP contribution in [-0.4, -0.2) is 36.3 Å². The van der Waals surface area contributed by atoms with E-state index in [0.717, 1.165) is 22.0 Å². The van der Waals surface area contributed by atoms with Gasteiger partial charge in [-0.05, 0) is 77.1 Å². The van der Waals surface area contributed by atoms with Crippen LogP contribution in [0, 0.1) is 0 Å². The van der Waals surface area contributed by atoms with Gasteiger partial charge in [-0.3, -0.25) is 14.5 Å². The summed E-state index contributed by atoms with van der Waals surface area (Å²) >= 11 is 0. The van der Waals surface area contributed by atoms with Crippen molar-refractivity contribution in [3.05, 3.63) is 108 Å². The lowest BCUT2D eigenvalue weighted by Crippen LogP contribution is -2.41. The molecule has 1 fully saturated rings. The third kappa shape index (κ3) is 8.13. The maximum atomic E-state index is 13.5. The van der Waals surface area contributed by atoms with Gasteiger partial charge in [-0.1, -0.05) is 73.9 Å². The van der Waals surface area contributed by atoms with E-state index < -0.39 is 5.97 Å². The van der Waals surface area contributed by atoms with Gasteiger partial charge in [0.05, 0.1) is 13.0 Å². The Morgan fingerprint density at radius 1 is 0.814 bits per heavy atom. The zero-order chi connectivity index (χ0) is 30.0. The molecule has 0 spiro atoms. The molecule has 5 rings (SSSR count). The highest BCUT2D eigenvalue weighted by molar-refractivity contribution is 5.94. The number of carboxylic acid groups (broad SMARTS) is 1. The molecule has 1 aliphatic rings. The number of fused-ring (bicyclic) bond motifs is 1. The van der Waals surface area contributed by atoms with Crippen LogP contribution in [0.2, 0.25) is 0 Å². The van der Waals surface area contributed by atoms with Gasteiger partial charge in [-0.2, -0.15) is 0 Å². The number of hydrogen-bond donors (Lipinski definition) is 3. The summed E-state index contributed by atoms with van der Waals surface area (Å²) in [5, 5.41) is 16.5. The monoisotopic (exact) mass is 579 g/mol. The summed E-state index contributed by atoms with van der Waals surface area (Å²) in [6.45, 7) is 0.344. The van der Waals surface area contributed by atoms with E-state index in [1.54, 1.807) is 29.2 Å². The highest BCUT2D eigenvalue weighted by Crippen LogP contribution is 2.33. The number of hydrogen-bond acceptors (Lipinski definition) is 4. The molecule has 222 valence electrons. The molecular weight excluding hydrogens is 542 g/mol. The van der Waals surface area contributed by atoms with Crippen molar-refractivity contribution in [2.75, 3.05) is 18.2 Å². The maximum Gasteiger partial charge on any atom is 0.324 e. The molecule has 0 bridgehead atoms. The van der Waals surface area contributed by atoms with Gasteiger partial charge in [0.25, 0.3) is 5.91 Å². The molecule has 0 aromatic heterocycles. The van der Waals surface area contributed by atoms with Crippen molar-refractivity contribution in [3.63, 3.8) is 0 Å². The van der Waals surface area contributed by atoms with Crippen molar-refractivity contribution in [1.29, 1.82) is 0 Å². The van der Waals surface area contributed by atoms with Gasteiger partial charge in [-0.25, -0.2) is 4.79 Å². The second kappa shape index (κ2) is 14.4. The number of carbonyl (C=O) groups is 3. The zero-order valence-corrected chi connectivity index (χ0v) is 24.1. The van der Waals surface area contributed by atoms with E-state index in [1.165, 1.54) is 37.7 Å². The summed E-state index contributed by atoms with van der Waals surface area (Å²) in [5.41, 5.74) is 3.33. The Bertz CT molecular complexity index is 1550. The Morgan fingerprint density at radius 2 is 1.53 bits per heavy atom. The van der Waals surface area contributed by atoms with Crippen molar-refractivity contribution in [3.8, 4) is 5.75 Å². The smallest absolute Gasteiger partial charge is 0.324 e. The predicted octanol–water partition coefficient (Wildman–Crippen LogP) is 6.84. The lowest BCUT2D eigenvalue weighted by molar-refractivity contribution is -0.136. The predicted molar refractivity (Wildman–Crippen MR) is 167 cm³/mol. The van der Waals surface area contributed by atoms with Crippen LogP contribution in [0.15, 0.2) is 91.0 Å². The second-order valence-electron chi connectivity index (χ2n) is 10.9. The number of nitrogens with one attached hydrogen (secondary N) is 2. The number of rotatable bonds is 11. The molecule has 1 aliphatic carbocycles. The Balaban J connectivity index is 1.27. The van der Waals surface area contributed by atoms with Crippen LogP contribution in [0.25, 0.3) is 10.8 Å². The quantitative estimate of drug-likeness (QED) is 0.169. The van der Waals surface area contributed by atoms with Crippen molar-refractivity contribution >= 4 is 34.4 Å². The third-order valence-corrected chi connectivity index (χ3v) is 7.89. The van der Waals surface area contributed by atoms with E-state index in [2.05, 4.69) is 22.8 Å².